The second-order valence-corrected chi connectivity index (χ2v) is 8.36. The van der Waals surface area contributed by atoms with Gasteiger partial charge in [-0.25, -0.2) is 4.98 Å². The number of anilines is 1. The van der Waals surface area contributed by atoms with Gasteiger partial charge in [-0.1, -0.05) is 0 Å². The molecule has 9 heteroatoms. The Morgan fingerprint density at radius 2 is 1.87 bits per heavy atom. The summed E-state index contributed by atoms with van der Waals surface area (Å²) >= 11 is 0. The molecule has 0 saturated carbocycles. The van der Waals surface area contributed by atoms with E-state index >= 15 is 0 Å². The summed E-state index contributed by atoms with van der Waals surface area (Å²) in [5.74, 6) is -0.355. The number of hydrogen-bond acceptors (Lipinski definition) is 7. The van der Waals surface area contributed by atoms with Gasteiger partial charge in [0.25, 0.3) is 5.91 Å². The first-order chi connectivity index (χ1) is 14.6. The summed E-state index contributed by atoms with van der Waals surface area (Å²) in [6, 6.07) is 2.91. The predicted molar refractivity (Wildman–Crippen MR) is 112 cm³/mol. The van der Waals surface area contributed by atoms with Crippen LogP contribution < -0.4 is 20.9 Å². The van der Waals surface area contributed by atoms with Crippen molar-refractivity contribution < 1.29 is 14.4 Å². The molecule has 0 spiro atoms. The van der Waals surface area contributed by atoms with Crippen LogP contribution in [0.4, 0.5) is 5.69 Å². The molecule has 0 aromatic carbocycles. The first-order valence-corrected chi connectivity index (χ1v) is 10.9. The molecule has 1 atom stereocenters. The summed E-state index contributed by atoms with van der Waals surface area (Å²) in [6.45, 7) is 7.46. The van der Waals surface area contributed by atoms with Crippen molar-refractivity contribution in [1.82, 2.24) is 25.8 Å². The zero-order valence-electron chi connectivity index (χ0n) is 17.2. The summed E-state index contributed by atoms with van der Waals surface area (Å²) in [6.07, 6.45) is 4.81. The van der Waals surface area contributed by atoms with Gasteiger partial charge in [0, 0.05) is 39.1 Å². The molecule has 0 bridgehead atoms. The van der Waals surface area contributed by atoms with E-state index in [2.05, 4.69) is 30.7 Å². The lowest BCUT2D eigenvalue weighted by Gasteiger charge is -2.38. The van der Waals surface area contributed by atoms with E-state index in [1.165, 1.54) is 19.4 Å². The third-order valence-electron chi connectivity index (χ3n) is 6.24. The Morgan fingerprint density at radius 1 is 1.10 bits per heavy atom. The van der Waals surface area contributed by atoms with Crippen LogP contribution >= 0.6 is 0 Å². The molecule has 30 heavy (non-hydrogen) atoms. The highest BCUT2D eigenvalue weighted by molar-refractivity contribution is 6.03. The van der Waals surface area contributed by atoms with Crippen molar-refractivity contribution >= 4 is 23.4 Å². The van der Waals surface area contributed by atoms with Crippen molar-refractivity contribution in [1.29, 1.82) is 0 Å². The molecule has 3 amide bonds. The van der Waals surface area contributed by atoms with E-state index in [1.54, 1.807) is 12.3 Å². The number of aromatic nitrogens is 1. The topological polar surface area (TPSA) is 107 Å². The van der Waals surface area contributed by atoms with Gasteiger partial charge in [-0.3, -0.25) is 24.6 Å². The predicted octanol–water partition coefficient (Wildman–Crippen LogP) is -0.262. The summed E-state index contributed by atoms with van der Waals surface area (Å²) in [5, 5.41) is 8.32. The number of carbonyl (C=O) groups is 3. The number of piperidine rings is 2. The highest BCUT2D eigenvalue weighted by atomic mass is 16.2. The highest BCUT2D eigenvalue weighted by Gasteiger charge is 2.28. The maximum Gasteiger partial charge on any atom is 0.270 e. The highest BCUT2D eigenvalue weighted by Crippen LogP contribution is 2.19. The van der Waals surface area contributed by atoms with Crippen molar-refractivity contribution in [3.05, 3.63) is 24.0 Å². The van der Waals surface area contributed by atoms with Gasteiger partial charge < -0.3 is 15.5 Å². The van der Waals surface area contributed by atoms with E-state index in [0.29, 0.717) is 6.42 Å². The van der Waals surface area contributed by atoms with E-state index < -0.39 is 17.9 Å². The van der Waals surface area contributed by atoms with Crippen LogP contribution in [-0.2, 0) is 9.59 Å². The number of nitrogens with zero attached hydrogens (tertiary/aromatic N) is 3. The Balaban J connectivity index is 1.26. The zero-order valence-corrected chi connectivity index (χ0v) is 17.2. The molecule has 3 N–H and O–H groups in total. The van der Waals surface area contributed by atoms with Crippen molar-refractivity contribution in [2.24, 2.45) is 5.92 Å². The third-order valence-corrected chi connectivity index (χ3v) is 6.24. The molecule has 162 valence electrons. The Labute approximate surface area is 176 Å². The number of rotatable bonds is 5. The van der Waals surface area contributed by atoms with Crippen molar-refractivity contribution in [3.8, 4) is 0 Å². The van der Waals surface area contributed by atoms with Crippen LogP contribution in [-0.4, -0.2) is 79.5 Å². The Hall–Kier alpha value is -2.52. The van der Waals surface area contributed by atoms with Gasteiger partial charge in [0.2, 0.25) is 11.8 Å². The zero-order chi connectivity index (χ0) is 20.9. The van der Waals surface area contributed by atoms with Crippen LogP contribution in [0.15, 0.2) is 18.3 Å². The minimum Gasteiger partial charge on any atom is -0.368 e. The molecule has 0 unspecified atom stereocenters. The van der Waals surface area contributed by atoms with E-state index in [-0.39, 0.29) is 18.0 Å². The first kappa shape index (κ1) is 20.7. The second kappa shape index (κ2) is 9.53. The fourth-order valence-corrected chi connectivity index (χ4v) is 4.39. The molecule has 0 aliphatic carbocycles. The lowest BCUT2D eigenvalue weighted by atomic mass is 9.97. The molecule has 3 fully saturated rings. The van der Waals surface area contributed by atoms with Crippen LogP contribution in [0, 0.1) is 5.92 Å². The minimum atomic E-state index is -0.690. The minimum absolute atomic E-state index is 0.229. The molecular formula is C21H30N6O3. The van der Waals surface area contributed by atoms with Crippen LogP contribution in [0.25, 0.3) is 0 Å². The van der Waals surface area contributed by atoms with Crippen LogP contribution in [0.3, 0.4) is 0 Å². The van der Waals surface area contributed by atoms with E-state index in [4.69, 9.17) is 0 Å². The van der Waals surface area contributed by atoms with Crippen LogP contribution in [0.2, 0.25) is 0 Å². The van der Waals surface area contributed by atoms with Gasteiger partial charge >= 0.3 is 0 Å². The van der Waals surface area contributed by atoms with Crippen LogP contribution in [0.1, 0.15) is 36.2 Å². The normalized spacial score (nSPS) is 23.9. The lowest BCUT2D eigenvalue weighted by molar-refractivity contribution is -0.134. The summed E-state index contributed by atoms with van der Waals surface area (Å²) < 4.78 is 0. The number of piperazine rings is 1. The molecule has 1 aromatic heterocycles. The van der Waals surface area contributed by atoms with Crippen molar-refractivity contribution in [2.75, 3.05) is 50.7 Å². The van der Waals surface area contributed by atoms with Gasteiger partial charge in [-0.15, -0.1) is 0 Å². The van der Waals surface area contributed by atoms with E-state index in [1.807, 2.05) is 6.07 Å². The van der Waals surface area contributed by atoms with Crippen molar-refractivity contribution in [2.45, 2.75) is 31.7 Å². The molecule has 4 heterocycles. The molecular weight excluding hydrogens is 384 g/mol. The largest absolute Gasteiger partial charge is 0.368 e. The quantitative estimate of drug-likeness (QED) is 0.570. The van der Waals surface area contributed by atoms with Gasteiger partial charge in [0.15, 0.2) is 0 Å². The van der Waals surface area contributed by atoms with Gasteiger partial charge in [-0.05, 0) is 50.4 Å². The number of nitrogens with one attached hydrogen (secondary N) is 3. The number of imide groups is 1. The average Bonchev–Trinajstić information content (AvgIpc) is 2.77. The maximum absolute atomic E-state index is 12.4. The summed E-state index contributed by atoms with van der Waals surface area (Å²) in [5.41, 5.74) is 1.28. The maximum atomic E-state index is 12.4. The molecule has 3 aliphatic heterocycles. The molecule has 4 rings (SSSR count). The number of pyridine rings is 1. The standard InChI is InChI=1S/C21H30N6O3/c28-19-4-3-18(21(30)25-19)24-20(29)17-2-1-16(13-23-17)27-11-9-26(10-12-27)14-15-5-7-22-8-6-15/h1-2,13,15,18,22H,3-12,14H2,(H,24,29)(H,25,28,30)/t18-/m1/s1. The summed E-state index contributed by atoms with van der Waals surface area (Å²) in [7, 11) is 0. The molecule has 0 radical (unpaired) electrons. The Bertz CT molecular complexity index is 769. The summed E-state index contributed by atoms with van der Waals surface area (Å²) in [4.78, 5) is 44.6. The monoisotopic (exact) mass is 414 g/mol. The Kier molecular flexibility index (Phi) is 6.59. The molecule has 3 saturated heterocycles. The van der Waals surface area contributed by atoms with Gasteiger partial charge in [0.1, 0.15) is 11.7 Å². The number of carbonyl (C=O) groups excluding carboxylic acids is 3. The smallest absolute Gasteiger partial charge is 0.270 e. The number of hydrogen-bond donors (Lipinski definition) is 3. The fraction of sp³-hybridized carbons (Fsp3) is 0.619. The first-order valence-electron chi connectivity index (χ1n) is 10.9. The van der Waals surface area contributed by atoms with Crippen molar-refractivity contribution in [3.63, 3.8) is 0 Å². The average molecular weight is 415 g/mol. The SMILES string of the molecule is O=C1CC[C@@H](NC(=O)c2ccc(N3CCN(CC4CCNCC4)CC3)cn2)C(=O)N1. The number of amides is 3. The van der Waals surface area contributed by atoms with Gasteiger partial charge in [-0.2, -0.15) is 0 Å². The molecule has 3 aliphatic rings. The second-order valence-electron chi connectivity index (χ2n) is 8.36. The lowest BCUT2D eigenvalue weighted by Crippen LogP contribution is -2.52. The van der Waals surface area contributed by atoms with Crippen LogP contribution in [0.5, 0.6) is 0 Å². The molecule has 9 nitrogen and oxygen atoms in total. The van der Waals surface area contributed by atoms with Gasteiger partial charge in [0.05, 0.1) is 11.9 Å². The van der Waals surface area contributed by atoms with E-state index in [9.17, 15) is 14.4 Å². The third kappa shape index (κ3) is 5.14. The fourth-order valence-electron chi connectivity index (χ4n) is 4.39. The molecule has 1 aromatic rings. The Morgan fingerprint density at radius 3 is 2.53 bits per heavy atom. The van der Waals surface area contributed by atoms with E-state index in [0.717, 1.165) is 50.9 Å².